The van der Waals surface area contributed by atoms with E-state index in [2.05, 4.69) is 15.1 Å². The second kappa shape index (κ2) is 7.88. The number of rotatable bonds is 4. The molecular formula is C18H21ClN4O3. The molecule has 1 aromatic heterocycles. The van der Waals surface area contributed by atoms with Crippen molar-refractivity contribution in [3.05, 3.63) is 46.6 Å². The van der Waals surface area contributed by atoms with Gasteiger partial charge in [0.05, 0.1) is 24.5 Å². The van der Waals surface area contributed by atoms with Crippen LogP contribution in [0.3, 0.4) is 0 Å². The predicted octanol–water partition coefficient (Wildman–Crippen LogP) is 2.86. The van der Waals surface area contributed by atoms with Crippen LogP contribution in [0.5, 0.6) is 0 Å². The second-order valence-corrected chi connectivity index (χ2v) is 6.49. The number of halogens is 1. The van der Waals surface area contributed by atoms with Gasteiger partial charge in [0.25, 0.3) is 0 Å². The summed E-state index contributed by atoms with van der Waals surface area (Å²) in [5.41, 5.74) is 8.22. The van der Waals surface area contributed by atoms with Crippen LogP contribution >= 0.6 is 11.6 Å². The number of carbonyl (C=O) groups is 1. The van der Waals surface area contributed by atoms with Crippen LogP contribution in [-0.2, 0) is 9.47 Å². The number of ether oxygens (including phenoxy) is 2. The molecule has 0 amide bonds. The van der Waals surface area contributed by atoms with E-state index in [9.17, 15) is 4.79 Å². The molecule has 138 valence electrons. The fraction of sp³-hybridized carbons (Fsp3) is 0.389. The maximum absolute atomic E-state index is 11.8. The van der Waals surface area contributed by atoms with Gasteiger partial charge in [0.1, 0.15) is 6.10 Å². The van der Waals surface area contributed by atoms with Gasteiger partial charge in [-0.05, 0) is 31.5 Å². The lowest BCUT2D eigenvalue weighted by molar-refractivity contribution is 0.0215. The number of morpholine rings is 1. The highest BCUT2D eigenvalue weighted by molar-refractivity contribution is 6.29. The largest absolute Gasteiger partial charge is 0.462 e. The number of aromatic nitrogens is 2. The SMILES string of the molecule is CCOC(=O)c1ccc([C@@H]2CN(c3cc(Cl)nnc3N)[C@H](C)CO2)cc1. The fourth-order valence-corrected chi connectivity index (χ4v) is 3.08. The van der Waals surface area contributed by atoms with Crippen molar-refractivity contribution in [2.24, 2.45) is 0 Å². The van der Waals surface area contributed by atoms with Gasteiger partial charge in [-0.2, -0.15) is 0 Å². The predicted molar refractivity (Wildman–Crippen MR) is 99.4 cm³/mol. The lowest BCUT2D eigenvalue weighted by Gasteiger charge is -2.40. The number of esters is 1. The van der Waals surface area contributed by atoms with Gasteiger partial charge in [0.15, 0.2) is 11.0 Å². The van der Waals surface area contributed by atoms with Gasteiger partial charge in [-0.15, -0.1) is 10.2 Å². The van der Waals surface area contributed by atoms with E-state index in [-0.39, 0.29) is 18.1 Å². The van der Waals surface area contributed by atoms with E-state index in [1.165, 1.54) is 0 Å². The van der Waals surface area contributed by atoms with E-state index in [0.29, 0.717) is 36.3 Å². The summed E-state index contributed by atoms with van der Waals surface area (Å²) in [5.74, 6) is 0.00342. The van der Waals surface area contributed by atoms with Crippen LogP contribution in [0.1, 0.15) is 35.9 Å². The number of benzene rings is 1. The number of nitrogens with zero attached hydrogens (tertiary/aromatic N) is 3. The summed E-state index contributed by atoms with van der Waals surface area (Å²) in [4.78, 5) is 13.9. The molecule has 26 heavy (non-hydrogen) atoms. The van der Waals surface area contributed by atoms with E-state index < -0.39 is 0 Å². The monoisotopic (exact) mass is 376 g/mol. The van der Waals surface area contributed by atoms with Crippen molar-refractivity contribution >= 4 is 29.1 Å². The standard InChI is InChI=1S/C18H21ClN4O3/c1-3-25-18(24)13-6-4-12(5-7-13)15-9-23(11(2)10-26-15)14-8-16(19)21-22-17(14)20/h4-8,11,15H,3,9-10H2,1-2H3,(H2,20,22)/t11-,15+/m1/s1. The fourth-order valence-electron chi connectivity index (χ4n) is 2.94. The molecule has 0 bridgehead atoms. The van der Waals surface area contributed by atoms with Crippen LogP contribution in [0.15, 0.2) is 30.3 Å². The number of nitrogens with two attached hydrogens (primary N) is 1. The van der Waals surface area contributed by atoms with Crippen molar-refractivity contribution in [1.82, 2.24) is 10.2 Å². The van der Waals surface area contributed by atoms with E-state index in [0.717, 1.165) is 11.3 Å². The Morgan fingerprint density at radius 3 is 2.81 bits per heavy atom. The first-order valence-corrected chi connectivity index (χ1v) is 8.81. The third-order valence-electron chi connectivity index (χ3n) is 4.31. The summed E-state index contributed by atoms with van der Waals surface area (Å²) in [6.45, 7) is 5.30. The van der Waals surface area contributed by atoms with Crippen LogP contribution in [0.2, 0.25) is 5.15 Å². The maximum atomic E-state index is 11.8. The number of nitrogen functional groups attached to an aromatic ring is 1. The summed E-state index contributed by atoms with van der Waals surface area (Å²) < 4.78 is 11.0. The molecule has 0 saturated carbocycles. The highest BCUT2D eigenvalue weighted by Gasteiger charge is 2.29. The molecule has 0 spiro atoms. The summed E-state index contributed by atoms with van der Waals surface area (Å²) in [6.07, 6.45) is -0.159. The first-order chi connectivity index (χ1) is 12.5. The maximum Gasteiger partial charge on any atom is 0.338 e. The number of hydrogen-bond donors (Lipinski definition) is 1. The zero-order valence-electron chi connectivity index (χ0n) is 14.7. The Balaban J connectivity index is 1.79. The average Bonchev–Trinajstić information content (AvgIpc) is 2.65. The molecule has 0 unspecified atom stereocenters. The minimum atomic E-state index is -0.330. The molecule has 1 aliphatic rings. The third kappa shape index (κ3) is 3.89. The molecule has 0 radical (unpaired) electrons. The van der Waals surface area contributed by atoms with Crippen molar-refractivity contribution in [1.29, 1.82) is 0 Å². The third-order valence-corrected chi connectivity index (χ3v) is 4.49. The molecule has 2 atom stereocenters. The first kappa shape index (κ1) is 18.4. The minimum Gasteiger partial charge on any atom is -0.462 e. The molecule has 1 fully saturated rings. The van der Waals surface area contributed by atoms with E-state index in [1.807, 2.05) is 19.1 Å². The van der Waals surface area contributed by atoms with Crippen molar-refractivity contribution in [3.8, 4) is 0 Å². The number of carbonyl (C=O) groups excluding carboxylic acids is 1. The molecule has 1 saturated heterocycles. The Bertz CT molecular complexity index is 785. The van der Waals surface area contributed by atoms with Gasteiger partial charge < -0.3 is 20.1 Å². The average molecular weight is 377 g/mol. The Kier molecular flexibility index (Phi) is 5.58. The lowest BCUT2D eigenvalue weighted by Crippen LogP contribution is -2.45. The second-order valence-electron chi connectivity index (χ2n) is 6.10. The van der Waals surface area contributed by atoms with Crippen LogP contribution in [0, 0.1) is 0 Å². The smallest absolute Gasteiger partial charge is 0.338 e. The number of hydrogen-bond acceptors (Lipinski definition) is 7. The molecule has 1 aromatic carbocycles. The zero-order valence-corrected chi connectivity index (χ0v) is 15.4. The van der Waals surface area contributed by atoms with Gasteiger partial charge >= 0.3 is 5.97 Å². The van der Waals surface area contributed by atoms with E-state index in [1.54, 1.807) is 25.1 Å². The zero-order chi connectivity index (χ0) is 18.7. The number of anilines is 2. The molecule has 0 aliphatic carbocycles. The van der Waals surface area contributed by atoms with Gasteiger partial charge in [0.2, 0.25) is 0 Å². The molecule has 2 aromatic rings. The highest BCUT2D eigenvalue weighted by Crippen LogP contribution is 2.32. The topological polar surface area (TPSA) is 90.6 Å². The van der Waals surface area contributed by atoms with Crippen LogP contribution in [0.25, 0.3) is 0 Å². The summed E-state index contributed by atoms with van der Waals surface area (Å²) in [5, 5.41) is 7.96. The Hall–Kier alpha value is -2.38. The Labute approximate surface area is 157 Å². The van der Waals surface area contributed by atoms with Gasteiger partial charge in [0, 0.05) is 18.7 Å². The van der Waals surface area contributed by atoms with Crippen LogP contribution in [0.4, 0.5) is 11.5 Å². The minimum absolute atomic E-state index is 0.118. The highest BCUT2D eigenvalue weighted by atomic mass is 35.5. The summed E-state index contributed by atoms with van der Waals surface area (Å²) >= 11 is 5.98. The normalized spacial score (nSPS) is 20.0. The first-order valence-electron chi connectivity index (χ1n) is 8.43. The van der Waals surface area contributed by atoms with E-state index in [4.69, 9.17) is 26.8 Å². The molecular weight excluding hydrogens is 356 g/mol. The summed E-state index contributed by atoms with van der Waals surface area (Å²) in [6, 6.07) is 9.09. The van der Waals surface area contributed by atoms with Gasteiger partial charge in [-0.25, -0.2) is 4.79 Å². The molecule has 2 N–H and O–H groups in total. The van der Waals surface area contributed by atoms with Crippen molar-refractivity contribution < 1.29 is 14.3 Å². The molecule has 1 aliphatic heterocycles. The Morgan fingerprint density at radius 1 is 1.38 bits per heavy atom. The molecule has 2 heterocycles. The van der Waals surface area contributed by atoms with Crippen molar-refractivity contribution in [2.75, 3.05) is 30.4 Å². The van der Waals surface area contributed by atoms with Crippen molar-refractivity contribution in [2.45, 2.75) is 26.0 Å². The Morgan fingerprint density at radius 2 is 2.12 bits per heavy atom. The van der Waals surface area contributed by atoms with Crippen molar-refractivity contribution in [3.63, 3.8) is 0 Å². The molecule has 8 heteroatoms. The molecule has 3 rings (SSSR count). The van der Waals surface area contributed by atoms with Crippen LogP contribution in [-0.4, -0.2) is 42.0 Å². The summed E-state index contributed by atoms with van der Waals surface area (Å²) in [7, 11) is 0. The quantitative estimate of drug-likeness (QED) is 0.820. The van der Waals surface area contributed by atoms with E-state index >= 15 is 0 Å². The molecule has 7 nitrogen and oxygen atoms in total. The lowest BCUT2D eigenvalue weighted by atomic mass is 10.0. The van der Waals surface area contributed by atoms with Gasteiger partial charge in [-0.1, -0.05) is 23.7 Å². The van der Waals surface area contributed by atoms with Gasteiger partial charge in [-0.3, -0.25) is 0 Å². The van der Waals surface area contributed by atoms with Crippen LogP contribution < -0.4 is 10.6 Å².